The third kappa shape index (κ3) is 7.19. The summed E-state index contributed by atoms with van der Waals surface area (Å²) in [5.41, 5.74) is -0.856. The van der Waals surface area contributed by atoms with Gasteiger partial charge < -0.3 is 20.1 Å². The number of ether oxygens (including phenoxy) is 2. The lowest BCUT2D eigenvalue weighted by Crippen LogP contribution is -2.53. The van der Waals surface area contributed by atoms with Gasteiger partial charge in [0.2, 0.25) is 0 Å². The zero-order valence-corrected chi connectivity index (χ0v) is 19.4. The summed E-state index contributed by atoms with van der Waals surface area (Å²) in [4.78, 5) is 10.2. The van der Waals surface area contributed by atoms with Gasteiger partial charge in [-0.3, -0.25) is 9.89 Å². The number of aliphatic imine (C=N–C) groups is 1. The Morgan fingerprint density at radius 2 is 2.07 bits per heavy atom. The largest absolute Gasteiger partial charge is 0.434 e. The highest BCUT2D eigenvalue weighted by Gasteiger charge is 2.34. The number of alkyl halides is 3. The van der Waals surface area contributed by atoms with Crippen molar-refractivity contribution in [2.75, 3.05) is 53.1 Å². The van der Waals surface area contributed by atoms with Crippen molar-refractivity contribution < 1.29 is 22.6 Å². The van der Waals surface area contributed by atoms with Crippen LogP contribution in [0.15, 0.2) is 10.4 Å². The average Bonchev–Trinajstić information content (AvgIpc) is 3.37. The molecule has 12 heteroatoms. The van der Waals surface area contributed by atoms with E-state index in [0.717, 1.165) is 62.7 Å². The van der Waals surface area contributed by atoms with E-state index < -0.39 is 11.9 Å². The maximum atomic E-state index is 12.7. The molecule has 0 aromatic carbocycles. The van der Waals surface area contributed by atoms with E-state index in [0.29, 0.717) is 29.5 Å². The summed E-state index contributed by atoms with van der Waals surface area (Å²) in [6.45, 7) is 5.61. The van der Waals surface area contributed by atoms with Crippen molar-refractivity contribution >= 4 is 41.3 Å². The molecule has 0 saturated carbocycles. The lowest BCUT2D eigenvalue weighted by atomic mass is 9.97. The van der Waals surface area contributed by atoms with Crippen molar-refractivity contribution in [3.8, 4) is 0 Å². The highest BCUT2D eigenvalue weighted by atomic mass is 127. The fourth-order valence-corrected chi connectivity index (χ4v) is 4.20. The van der Waals surface area contributed by atoms with Crippen LogP contribution in [0.3, 0.4) is 0 Å². The van der Waals surface area contributed by atoms with Crippen LogP contribution in [0.5, 0.6) is 0 Å². The predicted octanol–water partition coefficient (Wildman–Crippen LogP) is 2.18. The summed E-state index contributed by atoms with van der Waals surface area (Å²) in [5.74, 6) is 0.984. The van der Waals surface area contributed by atoms with Crippen LogP contribution in [0.4, 0.5) is 13.2 Å². The Morgan fingerprint density at radius 3 is 2.66 bits per heavy atom. The molecule has 0 aliphatic carbocycles. The first kappa shape index (κ1) is 24.6. The molecule has 2 N–H and O–H groups in total. The molecule has 0 bridgehead atoms. The van der Waals surface area contributed by atoms with Gasteiger partial charge in [0.15, 0.2) is 11.7 Å². The molecular formula is C17H27F3IN5O2S. The van der Waals surface area contributed by atoms with Crippen LogP contribution in [-0.2, 0) is 22.2 Å². The molecule has 3 rings (SSSR count). The molecule has 0 radical (unpaired) electrons. The van der Waals surface area contributed by atoms with Crippen LogP contribution in [0.25, 0.3) is 0 Å². The first-order chi connectivity index (χ1) is 13.5. The van der Waals surface area contributed by atoms with E-state index in [2.05, 4.69) is 25.5 Å². The first-order valence-electron chi connectivity index (χ1n) is 9.33. The number of morpholine rings is 1. The monoisotopic (exact) mass is 549 g/mol. The molecule has 1 aromatic heterocycles. The highest BCUT2D eigenvalue weighted by Crippen LogP contribution is 2.29. The molecule has 3 heterocycles. The number of nitrogens with one attached hydrogen (secondary N) is 2. The van der Waals surface area contributed by atoms with E-state index in [-0.39, 0.29) is 30.5 Å². The van der Waals surface area contributed by atoms with E-state index in [1.807, 2.05) is 0 Å². The van der Waals surface area contributed by atoms with Gasteiger partial charge in [-0.25, -0.2) is 4.98 Å². The van der Waals surface area contributed by atoms with E-state index in [4.69, 9.17) is 9.47 Å². The van der Waals surface area contributed by atoms with Crippen molar-refractivity contribution in [3.05, 3.63) is 16.1 Å². The van der Waals surface area contributed by atoms with Crippen molar-refractivity contribution in [2.24, 2.45) is 10.9 Å². The average molecular weight is 549 g/mol. The summed E-state index contributed by atoms with van der Waals surface area (Å²) in [5, 5.41) is 7.75. The molecule has 2 saturated heterocycles. The van der Waals surface area contributed by atoms with E-state index in [1.165, 1.54) is 0 Å². The molecule has 166 valence electrons. The summed E-state index contributed by atoms with van der Waals surface area (Å²) in [7, 11) is 1.64. The van der Waals surface area contributed by atoms with Crippen LogP contribution in [0.2, 0.25) is 0 Å². The fourth-order valence-electron chi connectivity index (χ4n) is 3.46. The summed E-state index contributed by atoms with van der Waals surface area (Å²) in [6, 6.07) is 0.293. The number of rotatable bonds is 6. The molecule has 29 heavy (non-hydrogen) atoms. The van der Waals surface area contributed by atoms with E-state index >= 15 is 0 Å². The van der Waals surface area contributed by atoms with Crippen LogP contribution in [0.1, 0.15) is 17.1 Å². The minimum Gasteiger partial charge on any atom is -0.381 e. The zero-order valence-electron chi connectivity index (χ0n) is 16.2. The molecule has 0 spiro atoms. The van der Waals surface area contributed by atoms with Gasteiger partial charge in [0.25, 0.3) is 0 Å². The van der Waals surface area contributed by atoms with E-state index in [9.17, 15) is 13.2 Å². The van der Waals surface area contributed by atoms with Gasteiger partial charge in [0.1, 0.15) is 5.01 Å². The minimum absolute atomic E-state index is 0. The predicted molar refractivity (Wildman–Crippen MR) is 116 cm³/mol. The van der Waals surface area contributed by atoms with Gasteiger partial charge in [0, 0.05) is 50.6 Å². The fraction of sp³-hybridized carbons (Fsp3) is 0.765. The molecule has 1 aromatic rings. The smallest absolute Gasteiger partial charge is 0.381 e. The summed E-state index contributed by atoms with van der Waals surface area (Å²) < 4.78 is 49.0. The molecular weight excluding hydrogens is 522 g/mol. The van der Waals surface area contributed by atoms with Crippen molar-refractivity contribution in [3.63, 3.8) is 0 Å². The Balaban J connectivity index is 0.00000300. The number of hydrogen-bond donors (Lipinski definition) is 2. The number of aromatic nitrogens is 1. The second kappa shape index (κ2) is 11.6. The zero-order chi connectivity index (χ0) is 20.0. The molecule has 2 aliphatic heterocycles. The van der Waals surface area contributed by atoms with Gasteiger partial charge in [-0.15, -0.1) is 35.3 Å². The molecule has 7 nitrogen and oxygen atoms in total. The van der Waals surface area contributed by atoms with Gasteiger partial charge in [-0.1, -0.05) is 0 Å². The minimum atomic E-state index is -4.41. The van der Waals surface area contributed by atoms with Crippen LogP contribution in [-0.4, -0.2) is 75.0 Å². The first-order valence-corrected chi connectivity index (χ1v) is 10.2. The van der Waals surface area contributed by atoms with Crippen LogP contribution in [0, 0.1) is 5.92 Å². The Bertz CT molecular complexity index is 649. The molecule has 2 aliphatic rings. The van der Waals surface area contributed by atoms with Crippen LogP contribution >= 0.6 is 35.3 Å². The Morgan fingerprint density at radius 1 is 1.31 bits per heavy atom. The standard InChI is InChI=1S/C17H26F3N5O2S.HI/c1-21-16(23-9-15-24-14(11-28-15)17(18,19)20)22-8-13(12-2-5-27-10-12)25-3-6-26-7-4-25;/h11-13H,2-10H2,1H3,(H2,21,22,23);1H. The maximum absolute atomic E-state index is 12.7. The molecule has 0 amide bonds. The van der Waals surface area contributed by atoms with E-state index in [1.54, 1.807) is 7.05 Å². The van der Waals surface area contributed by atoms with Crippen LogP contribution < -0.4 is 10.6 Å². The lowest BCUT2D eigenvalue weighted by Gasteiger charge is -2.37. The quantitative estimate of drug-likeness (QED) is 0.322. The second-order valence-corrected chi connectivity index (χ2v) is 7.71. The van der Waals surface area contributed by atoms with Gasteiger partial charge in [0.05, 0.1) is 26.4 Å². The maximum Gasteiger partial charge on any atom is 0.434 e. The van der Waals surface area contributed by atoms with Gasteiger partial charge in [-0.2, -0.15) is 13.2 Å². The second-order valence-electron chi connectivity index (χ2n) is 6.77. The number of guanidine groups is 1. The highest BCUT2D eigenvalue weighted by molar-refractivity contribution is 14.0. The Kier molecular flexibility index (Phi) is 9.85. The van der Waals surface area contributed by atoms with Crippen molar-refractivity contribution in [1.29, 1.82) is 0 Å². The van der Waals surface area contributed by atoms with Gasteiger partial charge >= 0.3 is 6.18 Å². The summed E-state index contributed by atoms with van der Waals surface area (Å²) >= 11 is 0.981. The SMILES string of the molecule is CN=C(NCc1nc(C(F)(F)F)cs1)NCC(C1CCOC1)N1CCOCC1.I. The summed E-state index contributed by atoms with van der Waals surface area (Å²) in [6.07, 6.45) is -3.39. The van der Waals surface area contributed by atoms with Crippen molar-refractivity contribution in [2.45, 2.75) is 25.2 Å². The number of thiazole rings is 1. The number of nitrogens with zero attached hydrogens (tertiary/aromatic N) is 3. The number of hydrogen-bond acceptors (Lipinski definition) is 6. The topological polar surface area (TPSA) is 71.0 Å². The third-order valence-corrected chi connectivity index (χ3v) is 5.82. The lowest BCUT2D eigenvalue weighted by molar-refractivity contribution is -0.140. The van der Waals surface area contributed by atoms with Gasteiger partial charge in [-0.05, 0) is 6.42 Å². The van der Waals surface area contributed by atoms with Crippen molar-refractivity contribution in [1.82, 2.24) is 20.5 Å². The Labute approximate surface area is 189 Å². The normalized spacial score (nSPS) is 22.2. The third-order valence-electron chi connectivity index (χ3n) is 4.98. The molecule has 2 unspecified atom stereocenters. The molecule has 2 fully saturated rings. The Hall–Kier alpha value is -0.700. The molecule has 2 atom stereocenters. The number of halogens is 4.